The maximum absolute atomic E-state index is 12.3. The largest absolute Gasteiger partial charge is 0.496 e. The minimum absolute atomic E-state index is 0.0472. The molecule has 0 aromatic heterocycles. The van der Waals surface area contributed by atoms with E-state index in [0.29, 0.717) is 5.69 Å². The lowest BCUT2D eigenvalue weighted by Gasteiger charge is -2.13. The Morgan fingerprint density at radius 1 is 1.00 bits per heavy atom. The number of esters is 1. The predicted molar refractivity (Wildman–Crippen MR) is 117 cm³/mol. The lowest BCUT2D eigenvalue weighted by Crippen LogP contribution is -2.35. The molecule has 2 rings (SSSR count). The van der Waals surface area contributed by atoms with E-state index in [0.717, 1.165) is 22.8 Å². The monoisotopic (exact) mass is 463 g/mol. The number of primary sulfonamides is 1. The molecule has 0 saturated heterocycles. The summed E-state index contributed by atoms with van der Waals surface area (Å²) in [5.41, 5.74) is 3.32. The van der Waals surface area contributed by atoms with Crippen molar-refractivity contribution in [1.29, 1.82) is 0 Å². The topological polar surface area (TPSA) is 154 Å². The van der Waals surface area contributed by atoms with E-state index in [4.69, 9.17) is 14.6 Å². The summed E-state index contributed by atoms with van der Waals surface area (Å²) in [6.07, 6.45) is 0. The number of hydrogen-bond donors (Lipinski definition) is 3. The highest BCUT2D eigenvalue weighted by molar-refractivity contribution is 7.89. The number of aryl methyl sites for hydroxylation is 3. The molecular weight excluding hydrogens is 438 g/mol. The Kier molecular flexibility index (Phi) is 7.95. The fourth-order valence-corrected chi connectivity index (χ4v) is 3.56. The number of ether oxygens (including phenoxy) is 2. The molecule has 0 bridgehead atoms. The Morgan fingerprint density at radius 2 is 1.62 bits per heavy atom. The lowest BCUT2D eigenvalue weighted by molar-refractivity contribution is -0.126. The third-order valence-electron chi connectivity index (χ3n) is 4.44. The molecule has 0 saturated carbocycles. The number of carbonyl (C=O) groups excluding carboxylic acids is 3. The van der Waals surface area contributed by atoms with Crippen LogP contribution in [0, 0.1) is 20.8 Å². The van der Waals surface area contributed by atoms with Crippen molar-refractivity contribution in [2.75, 3.05) is 25.6 Å². The van der Waals surface area contributed by atoms with Crippen LogP contribution in [0.5, 0.6) is 5.75 Å². The number of hydrogen-bond acceptors (Lipinski definition) is 7. The van der Waals surface area contributed by atoms with Crippen LogP contribution in [0.25, 0.3) is 0 Å². The average molecular weight is 464 g/mol. The van der Waals surface area contributed by atoms with Crippen molar-refractivity contribution in [2.24, 2.45) is 5.14 Å². The second kappa shape index (κ2) is 10.2. The summed E-state index contributed by atoms with van der Waals surface area (Å²) in [6.45, 7) is 4.68. The van der Waals surface area contributed by atoms with Crippen molar-refractivity contribution < 1.29 is 32.3 Å². The van der Waals surface area contributed by atoms with Gasteiger partial charge in [-0.15, -0.1) is 0 Å². The first-order chi connectivity index (χ1) is 14.9. The Balaban J connectivity index is 1.93. The number of benzene rings is 2. The number of nitrogens with two attached hydrogens (primary N) is 1. The number of anilines is 1. The first-order valence-corrected chi connectivity index (χ1v) is 11.0. The van der Waals surface area contributed by atoms with Crippen LogP contribution in [0.4, 0.5) is 5.69 Å². The minimum Gasteiger partial charge on any atom is -0.496 e. The van der Waals surface area contributed by atoms with Gasteiger partial charge in [0, 0.05) is 5.69 Å². The van der Waals surface area contributed by atoms with Crippen molar-refractivity contribution >= 4 is 33.5 Å². The number of amides is 2. The highest BCUT2D eigenvalue weighted by Crippen LogP contribution is 2.23. The van der Waals surface area contributed by atoms with Gasteiger partial charge in [-0.25, -0.2) is 18.4 Å². The first-order valence-electron chi connectivity index (χ1n) is 9.44. The standard InChI is InChI=1S/C21H25N3O7S/c1-12-7-13(2)20(14(3)8-12)24-18(25)10-23-19(26)11-31-21(27)16-9-15(32(22,28)29)5-6-17(16)30-4/h5-9H,10-11H2,1-4H3,(H,23,26)(H,24,25)(H2,22,28,29). The van der Waals surface area contributed by atoms with E-state index in [1.807, 2.05) is 32.9 Å². The van der Waals surface area contributed by atoms with E-state index in [2.05, 4.69) is 10.6 Å². The second-order valence-corrected chi connectivity index (χ2v) is 8.64. The van der Waals surface area contributed by atoms with Gasteiger partial charge in [-0.05, 0) is 50.1 Å². The van der Waals surface area contributed by atoms with Crippen LogP contribution in [0.1, 0.15) is 27.0 Å². The maximum Gasteiger partial charge on any atom is 0.342 e. The van der Waals surface area contributed by atoms with Crippen molar-refractivity contribution in [3.63, 3.8) is 0 Å². The van der Waals surface area contributed by atoms with Crippen LogP contribution in [0.3, 0.4) is 0 Å². The molecule has 0 aliphatic heterocycles. The van der Waals surface area contributed by atoms with Crippen LogP contribution >= 0.6 is 0 Å². The Labute approximate surface area is 186 Å². The van der Waals surface area contributed by atoms with Gasteiger partial charge in [0.2, 0.25) is 15.9 Å². The maximum atomic E-state index is 12.3. The SMILES string of the molecule is COc1ccc(S(N)(=O)=O)cc1C(=O)OCC(=O)NCC(=O)Nc1c(C)cc(C)cc1C. The van der Waals surface area contributed by atoms with E-state index in [-0.39, 0.29) is 22.8 Å². The normalized spacial score (nSPS) is 10.9. The molecule has 0 aliphatic rings. The molecule has 0 aliphatic carbocycles. The molecule has 2 amide bonds. The van der Waals surface area contributed by atoms with Crippen LogP contribution < -0.4 is 20.5 Å². The van der Waals surface area contributed by atoms with Gasteiger partial charge < -0.3 is 20.1 Å². The first kappa shape index (κ1) is 24.8. The summed E-state index contributed by atoms with van der Waals surface area (Å²) in [5, 5.41) is 10.2. The molecule has 0 atom stereocenters. The minimum atomic E-state index is -4.05. The highest BCUT2D eigenvalue weighted by atomic mass is 32.2. The highest BCUT2D eigenvalue weighted by Gasteiger charge is 2.19. The quantitative estimate of drug-likeness (QED) is 0.497. The summed E-state index contributed by atoms with van der Waals surface area (Å²) in [5.74, 6) is -2.10. The summed E-state index contributed by atoms with van der Waals surface area (Å²) in [4.78, 5) is 36.1. The number of methoxy groups -OCH3 is 1. The van der Waals surface area contributed by atoms with Gasteiger partial charge in [-0.1, -0.05) is 17.7 Å². The molecule has 0 fully saturated rings. The summed E-state index contributed by atoms with van der Waals surface area (Å²) in [6, 6.07) is 7.28. The van der Waals surface area contributed by atoms with Crippen LogP contribution in [0.15, 0.2) is 35.2 Å². The Morgan fingerprint density at radius 3 is 2.19 bits per heavy atom. The van der Waals surface area contributed by atoms with Crippen LogP contribution in [-0.2, 0) is 24.3 Å². The molecule has 2 aromatic carbocycles. The Bertz CT molecular complexity index is 1140. The van der Waals surface area contributed by atoms with Crippen LogP contribution in [0.2, 0.25) is 0 Å². The van der Waals surface area contributed by atoms with E-state index in [1.165, 1.54) is 19.2 Å². The van der Waals surface area contributed by atoms with Crippen molar-refractivity contribution in [1.82, 2.24) is 5.32 Å². The van der Waals surface area contributed by atoms with Crippen LogP contribution in [-0.4, -0.2) is 46.5 Å². The summed E-state index contributed by atoms with van der Waals surface area (Å²) >= 11 is 0. The molecule has 0 unspecified atom stereocenters. The molecule has 4 N–H and O–H groups in total. The van der Waals surface area contributed by atoms with Gasteiger partial charge in [0.25, 0.3) is 5.91 Å². The molecule has 2 aromatic rings. The van der Waals surface area contributed by atoms with Gasteiger partial charge in [0.05, 0.1) is 18.6 Å². The van der Waals surface area contributed by atoms with Gasteiger partial charge in [-0.3, -0.25) is 9.59 Å². The van der Waals surface area contributed by atoms with E-state index in [9.17, 15) is 22.8 Å². The fourth-order valence-electron chi connectivity index (χ4n) is 3.02. The lowest BCUT2D eigenvalue weighted by atomic mass is 10.1. The van der Waals surface area contributed by atoms with E-state index < -0.39 is 34.4 Å². The molecule has 32 heavy (non-hydrogen) atoms. The third-order valence-corrected chi connectivity index (χ3v) is 5.35. The molecule has 11 heteroatoms. The second-order valence-electron chi connectivity index (χ2n) is 7.08. The van der Waals surface area contributed by atoms with Crippen molar-refractivity contribution in [3.05, 3.63) is 52.6 Å². The molecule has 0 spiro atoms. The number of rotatable bonds is 8. The fraction of sp³-hybridized carbons (Fsp3) is 0.286. The summed E-state index contributed by atoms with van der Waals surface area (Å²) < 4.78 is 32.9. The molecular formula is C21H25N3O7S. The third kappa shape index (κ3) is 6.53. The smallest absolute Gasteiger partial charge is 0.342 e. The molecule has 0 radical (unpaired) electrons. The zero-order chi connectivity index (χ0) is 24.1. The number of carbonyl (C=O) groups is 3. The van der Waals surface area contributed by atoms with Gasteiger partial charge in [0.1, 0.15) is 11.3 Å². The van der Waals surface area contributed by atoms with Gasteiger partial charge in [0.15, 0.2) is 6.61 Å². The molecule has 172 valence electrons. The van der Waals surface area contributed by atoms with Crippen molar-refractivity contribution in [3.8, 4) is 5.75 Å². The van der Waals surface area contributed by atoms with E-state index >= 15 is 0 Å². The zero-order valence-corrected chi connectivity index (χ0v) is 19.0. The van der Waals surface area contributed by atoms with Gasteiger partial charge >= 0.3 is 5.97 Å². The number of nitrogens with one attached hydrogen (secondary N) is 2. The molecule has 0 heterocycles. The van der Waals surface area contributed by atoms with Crippen molar-refractivity contribution in [2.45, 2.75) is 25.7 Å². The number of sulfonamides is 1. The Hall–Kier alpha value is -3.44. The van der Waals surface area contributed by atoms with Gasteiger partial charge in [-0.2, -0.15) is 0 Å². The average Bonchev–Trinajstić information content (AvgIpc) is 2.71. The molecule has 10 nitrogen and oxygen atoms in total. The zero-order valence-electron chi connectivity index (χ0n) is 18.1. The van der Waals surface area contributed by atoms with E-state index in [1.54, 1.807) is 0 Å². The summed E-state index contributed by atoms with van der Waals surface area (Å²) in [7, 11) is -2.77. The predicted octanol–water partition coefficient (Wildman–Crippen LogP) is 1.18.